The first-order chi connectivity index (χ1) is 6.81. The van der Waals surface area contributed by atoms with Gasteiger partial charge in [0.15, 0.2) is 0 Å². The van der Waals surface area contributed by atoms with Gasteiger partial charge in [0.25, 0.3) is 0 Å². The van der Waals surface area contributed by atoms with E-state index in [9.17, 15) is 4.57 Å². The summed E-state index contributed by atoms with van der Waals surface area (Å²) in [4.78, 5) is 0. The largest absolute Gasteiger partial charge is 0.319 e. The monoisotopic (exact) mass is 218 g/mol. The second kappa shape index (κ2) is 10.7. The van der Waals surface area contributed by atoms with E-state index in [1.165, 1.54) is 0 Å². The molecule has 0 aliphatic rings. The molecule has 0 N–H and O–H groups in total. The average molecular weight is 218 g/mol. The van der Waals surface area contributed by atoms with Gasteiger partial charge in [-0.15, -0.1) is 13.2 Å². The molecule has 0 rings (SSSR count). The highest BCUT2D eigenvalue weighted by Crippen LogP contribution is 2.24. The Bertz CT molecular complexity index is 162. The standard InChI is InChI=1S/C10H19O3P/c1-3-5-7-9-12-14(11)13-10-8-6-4-2/h3-4,14H,1-2,5-10H2. The molecule has 0 unspecified atom stereocenters. The lowest BCUT2D eigenvalue weighted by molar-refractivity contribution is 0.222. The zero-order chi connectivity index (χ0) is 10.6. The summed E-state index contributed by atoms with van der Waals surface area (Å²) >= 11 is 0. The zero-order valence-electron chi connectivity index (χ0n) is 8.54. The Hall–Kier alpha value is -0.370. The fraction of sp³-hybridized carbons (Fsp3) is 0.600. The lowest BCUT2D eigenvalue weighted by atomic mass is 10.3. The van der Waals surface area contributed by atoms with Crippen LogP contribution in [0.1, 0.15) is 25.7 Å². The van der Waals surface area contributed by atoms with Gasteiger partial charge < -0.3 is 9.05 Å². The minimum atomic E-state index is -2.27. The van der Waals surface area contributed by atoms with Crippen LogP contribution in [0.4, 0.5) is 0 Å². The van der Waals surface area contributed by atoms with Crippen LogP contribution in [0.3, 0.4) is 0 Å². The summed E-state index contributed by atoms with van der Waals surface area (Å²) < 4.78 is 21.0. The van der Waals surface area contributed by atoms with Gasteiger partial charge in [0, 0.05) is 0 Å². The fourth-order valence-electron chi connectivity index (χ4n) is 0.808. The van der Waals surface area contributed by atoms with Crippen LogP contribution in [0.25, 0.3) is 0 Å². The van der Waals surface area contributed by atoms with Gasteiger partial charge in [0.2, 0.25) is 0 Å². The maximum absolute atomic E-state index is 11.1. The van der Waals surface area contributed by atoms with Gasteiger partial charge in [-0.3, -0.25) is 4.57 Å². The second-order valence-electron chi connectivity index (χ2n) is 2.81. The van der Waals surface area contributed by atoms with Crippen LogP contribution < -0.4 is 0 Å². The summed E-state index contributed by atoms with van der Waals surface area (Å²) in [5.41, 5.74) is 0. The molecule has 82 valence electrons. The highest BCUT2D eigenvalue weighted by molar-refractivity contribution is 7.33. The highest BCUT2D eigenvalue weighted by atomic mass is 31.1. The first-order valence-corrected chi connectivity index (χ1v) is 6.05. The van der Waals surface area contributed by atoms with Crippen molar-refractivity contribution in [3.05, 3.63) is 25.3 Å². The van der Waals surface area contributed by atoms with E-state index in [4.69, 9.17) is 9.05 Å². The molecule has 0 saturated carbocycles. The molecule has 0 aliphatic carbocycles. The summed E-state index contributed by atoms with van der Waals surface area (Å²) in [7, 11) is -2.27. The quantitative estimate of drug-likeness (QED) is 0.320. The third-order valence-corrected chi connectivity index (χ3v) is 2.42. The fourth-order valence-corrected chi connectivity index (χ4v) is 1.51. The van der Waals surface area contributed by atoms with Crippen molar-refractivity contribution in [3.63, 3.8) is 0 Å². The third kappa shape index (κ3) is 9.72. The average Bonchev–Trinajstić information content (AvgIpc) is 2.19. The Morgan fingerprint density at radius 3 is 1.79 bits per heavy atom. The van der Waals surface area contributed by atoms with Gasteiger partial charge in [-0.05, 0) is 25.7 Å². The van der Waals surface area contributed by atoms with E-state index in [0.29, 0.717) is 13.2 Å². The van der Waals surface area contributed by atoms with E-state index < -0.39 is 8.25 Å². The van der Waals surface area contributed by atoms with Crippen molar-refractivity contribution >= 4 is 8.25 Å². The van der Waals surface area contributed by atoms with Gasteiger partial charge in [-0.25, -0.2) is 0 Å². The van der Waals surface area contributed by atoms with Crippen LogP contribution in [0.5, 0.6) is 0 Å². The lowest BCUT2D eigenvalue weighted by Gasteiger charge is -2.03. The molecule has 14 heavy (non-hydrogen) atoms. The molecule has 0 radical (unpaired) electrons. The predicted molar refractivity (Wildman–Crippen MR) is 59.8 cm³/mol. The SMILES string of the molecule is C=CCCCO[PH](=O)OCCCC=C. The Morgan fingerprint density at radius 1 is 1.00 bits per heavy atom. The van der Waals surface area contributed by atoms with Crippen molar-refractivity contribution in [2.75, 3.05) is 13.2 Å². The molecule has 3 nitrogen and oxygen atoms in total. The van der Waals surface area contributed by atoms with Gasteiger partial charge in [0.1, 0.15) is 0 Å². The molecule has 0 saturated heterocycles. The Kier molecular flexibility index (Phi) is 10.4. The highest BCUT2D eigenvalue weighted by Gasteiger charge is 1.97. The first kappa shape index (κ1) is 13.6. The predicted octanol–water partition coefficient (Wildman–Crippen LogP) is 3.34. The van der Waals surface area contributed by atoms with E-state index in [1.54, 1.807) is 0 Å². The van der Waals surface area contributed by atoms with Crippen molar-refractivity contribution < 1.29 is 13.6 Å². The summed E-state index contributed by atoms with van der Waals surface area (Å²) in [5, 5.41) is 0. The minimum Gasteiger partial charge on any atom is -0.311 e. The molecular formula is C10H19O3P. The van der Waals surface area contributed by atoms with Crippen molar-refractivity contribution in [1.82, 2.24) is 0 Å². The molecule has 0 spiro atoms. The maximum atomic E-state index is 11.1. The van der Waals surface area contributed by atoms with Crippen molar-refractivity contribution in [2.45, 2.75) is 25.7 Å². The number of rotatable bonds is 10. The summed E-state index contributed by atoms with van der Waals surface area (Å²) in [6.45, 7) is 8.12. The number of hydrogen-bond donors (Lipinski definition) is 0. The molecule has 0 aliphatic heterocycles. The Labute approximate surface area is 86.7 Å². The zero-order valence-corrected chi connectivity index (χ0v) is 9.54. The van der Waals surface area contributed by atoms with Crippen LogP contribution in [-0.4, -0.2) is 13.2 Å². The maximum Gasteiger partial charge on any atom is 0.319 e. The molecule has 0 atom stereocenters. The topological polar surface area (TPSA) is 35.5 Å². The van der Waals surface area contributed by atoms with Crippen molar-refractivity contribution in [2.24, 2.45) is 0 Å². The van der Waals surface area contributed by atoms with E-state index in [2.05, 4.69) is 13.2 Å². The van der Waals surface area contributed by atoms with E-state index in [0.717, 1.165) is 25.7 Å². The molecule has 0 aromatic rings. The molecule has 0 aromatic carbocycles. The van der Waals surface area contributed by atoms with E-state index in [1.807, 2.05) is 12.2 Å². The van der Waals surface area contributed by atoms with Gasteiger partial charge in [-0.2, -0.15) is 0 Å². The number of hydrogen-bond acceptors (Lipinski definition) is 3. The Balaban J connectivity index is 3.19. The number of allylic oxidation sites excluding steroid dienone is 2. The normalized spacial score (nSPS) is 10.4. The van der Waals surface area contributed by atoms with E-state index in [-0.39, 0.29) is 0 Å². The van der Waals surface area contributed by atoms with Crippen LogP contribution in [0.15, 0.2) is 25.3 Å². The number of unbranched alkanes of at least 4 members (excludes halogenated alkanes) is 2. The van der Waals surface area contributed by atoms with Crippen LogP contribution in [0, 0.1) is 0 Å². The Morgan fingerprint density at radius 2 is 1.43 bits per heavy atom. The van der Waals surface area contributed by atoms with Gasteiger partial charge in [-0.1, -0.05) is 12.2 Å². The summed E-state index contributed by atoms with van der Waals surface area (Å²) in [5.74, 6) is 0. The molecule has 4 heteroatoms. The van der Waals surface area contributed by atoms with Crippen LogP contribution >= 0.6 is 8.25 Å². The molecule has 0 bridgehead atoms. The molecular weight excluding hydrogens is 199 g/mol. The minimum absolute atomic E-state index is 0.477. The molecule has 0 aromatic heterocycles. The second-order valence-corrected chi connectivity index (χ2v) is 3.89. The molecule has 0 amide bonds. The lowest BCUT2D eigenvalue weighted by Crippen LogP contribution is -1.90. The summed E-state index contributed by atoms with van der Waals surface area (Å²) in [6.07, 6.45) is 7.07. The van der Waals surface area contributed by atoms with Crippen LogP contribution in [0.2, 0.25) is 0 Å². The first-order valence-electron chi connectivity index (χ1n) is 4.82. The summed E-state index contributed by atoms with van der Waals surface area (Å²) in [6, 6.07) is 0. The van der Waals surface area contributed by atoms with Gasteiger partial charge in [0.05, 0.1) is 13.2 Å². The van der Waals surface area contributed by atoms with Gasteiger partial charge >= 0.3 is 8.25 Å². The molecule has 0 heterocycles. The smallest absolute Gasteiger partial charge is 0.311 e. The third-order valence-electron chi connectivity index (χ3n) is 1.54. The molecule has 0 fully saturated rings. The van der Waals surface area contributed by atoms with Crippen molar-refractivity contribution in [3.8, 4) is 0 Å². The van der Waals surface area contributed by atoms with Crippen molar-refractivity contribution in [1.29, 1.82) is 0 Å². The van der Waals surface area contributed by atoms with Crippen LogP contribution in [-0.2, 0) is 13.6 Å². The van der Waals surface area contributed by atoms with E-state index >= 15 is 0 Å².